The highest BCUT2D eigenvalue weighted by Crippen LogP contribution is 2.28. The summed E-state index contributed by atoms with van der Waals surface area (Å²) in [6, 6.07) is 18.7. The standard InChI is InChI=1S/C15H12N2/c16-17-10-15-13-7-3-1-5-11(13)9-12-6-2-4-8-14(12)15/h1-9,16H,10H2. The minimum absolute atomic E-state index is 0.446. The fourth-order valence-corrected chi connectivity index (χ4v) is 2.36. The second-order valence-corrected chi connectivity index (χ2v) is 4.11. The highest BCUT2D eigenvalue weighted by atomic mass is 14.9. The van der Waals surface area contributed by atoms with E-state index in [1.165, 1.54) is 21.5 Å². The molecular weight excluding hydrogens is 208 g/mol. The summed E-state index contributed by atoms with van der Waals surface area (Å²) in [4.78, 5) is 0. The van der Waals surface area contributed by atoms with Crippen molar-refractivity contribution in [3.05, 3.63) is 60.2 Å². The fraction of sp³-hybridized carbons (Fsp3) is 0.0667. The van der Waals surface area contributed by atoms with Gasteiger partial charge in [-0.3, -0.25) is 0 Å². The van der Waals surface area contributed by atoms with Crippen molar-refractivity contribution in [2.24, 2.45) is 5.11 Å². The van der Waals surface area contributed by atoms with Gasteiger partial charge in [-0.15, -0.1) is 0 Å². The molecule has 0 spiro atoms. The molecule has 0 aromatic heterocycles. The van der Waals surface area contributed by atoms with E-state index in [0.29, 0.717) is 6.54 Å². The van der Waals surface area contributed by atoms with Gasteiger partial charge in [-0.2, -0.15) is 5.11 Å². The molecule has 2 heteroatoms. The Balaban J connectivity index is 2.51. The molecule has 1 N–H and O–H groups in total. The van der Waals surface area contributed by atoms with E-state index >= 15 is 0 Å². The Morgan fingerprint density at radius 3 is 1.88 bits per heavy atom. The number of benzene rings is 3. The van der Waals surface area contributed by atoms with Gasteiger partial charge in [-0.25, -0.2) is 5.53 Å². The molecular formula is C15H12N2. The number of hydrogen-bond acceptors (Lipinski definition) is 2. The molecule has 0 unspecified atom stereocenters. The van der Waals surface area contributed by atoms with Crippen LogP contribution >= 0.6 is 0 Å². The Labute approximate surface area is 99.4 Å². The van der Waals surface area contributed by atoms with Crippen LogP contribution in [0.2, 0.25) is 0 Å². The molecule has 0 atom stereocenters. The molecule has 17 heavy (non-hydrogen) atoms. The first-order chi connectivity index (χ1) is 8.40. The lowest BCUT2D eigenvalue weighted by Crippen LogP contribution is -1.87. The zero-order chi connectivity index (χ0) is 11.7. The van der Waals surface area contributed by atoms with Crippen LogP contribution in [0.15, 0.2) is 59.7 Å². The summed E-state index contributed by atoms with van der Waals surface area (Å²) in [7, 11) is 0. The molecule has 3 aromatic carbocycles. The fourth-order valence-electron chi connectivity index (χ4n) is 2.36. The van der Waals surface area contributed by atoms with Crippen LogP contribution in [0.5, 0.6) is 0 Å². The Bertz CT molecular complexity index is 647. The normalized spacial score (nSPS) is 10.8. The van der Waals surface area contributed by atoms with E-state index in [0.717, 1.165) is 5.56 Å². The maximum absolute atomic E-state index is 7.12. The van der Waals surface area contributed by atoms with Crippen molar-refractivity contribution >= 4 is 21.5 Å². The zero-order valence-corrected chi connectivity index (χ0v) is 9.35. The molecule has 0 heterocycles. The molecule has 0 saturated carbocycles. The third kappa shape index (κ3) is 1.58. The monoisotopic (exact) mass is 220 g/mol. The third-order valence-electron chi connectivity index (χ3n) is 3.12. The molecule has 0 radical (unpaired) electrons. The highest BCUT2D eigenvalue weighted by molar-refractivity contribution is 6.02. The molecule has 0 aliphatic heterocycles. The van der Waals surface area contributed by atoms with Crippen LogP contribution in [-0.2, 0) is 6.54 Å². The Morgan fingerprint density at radius 1 is 0.824 bits per heavy atom. The lowest BCUT2D eigenvalue weighted by Gasteiger charge is -2.08. The predicted molar refractivity (Wildman–Crippen MR) is 70.3 cm³/mol. The van der Waals surface area contributed by atoms with Gasteiger partial charge >= 0.3 is 0 Å². The lowest BCUT2D eigenvalue weighted by atomic mass is 9.97. The SMILES string of the molecule is N=NCc1c2ccccc2cc2ccccc12. The minimum atomic E-state index is 0.446. The summed E-state index contributed by atoms with van der Waals surface area (Å²) in [5, 5.41) is 8.37. The second-order valence-electron chi connectivity index (χ2n) is 4.11. The molecule has 0 aliphatic carbocycles. The predicted octanol–water partition coefficient (Wildman–Crippen LogP) is 4.52. The molecule has 82 valence electrons. The van der Waals surface area contributed by atoms with Gasteiger partial charge in [0.25, 0.3) is 0 Å². The summed E-state index contributed by atoms with van der Waals surface area (Å²) in [5.74, 6) is 0. The molecule has 0 amide bonds. The number of hydrogen-bond donors (Lipinski definition) is 1. The van der Waals surface area contributed by atoms with E-state index < -0.39 is 0 Å². The van der Waals surface area contributed by atoms with E-state index in [4.69, 9.17) is 5.53 Å². The average Bonchev–Trinajstić information content (AvgIpc) is 2.39. The Morgan fingerprint density at radius 2 is 1.35 bits per heavy atom. The molecule has 0 aliphatic rings. The van der Waals surface area contributed by atoms with Crippen LogP contribution in [0, 0.1) is 5.53 Å². The van der Waals surface area contributed by atoms with Crippen LogP contribution in [0.25, 0.3) is 21.5 Å². The topological polar surface area (TPSA) is 36.2 Å². The molecule has 2 nitrogen and oxygen atoms in total. The average molecular weight is 220 g/mol. The maximum Gasteiger partial charge on any atom is 0.0858 e. The third-order valence-corrected chi connectivity index (χ3v) is 3.12. The van der Waals surface area contributed by atoms with Gasteiger partial charge < -0.3 is 0 Å². The van der Waals surface area contributed by atoms with Gasteiger partial charge in [0.2, 0.25) is 0 Å². The first-order valence-electron chi connectivity index (χ1n) is 5.63. The lowest BCUT2D eigenvalue weighted by molar-refractivity contribution is 0.920. The number of fused-ring (bicyclic) bond motifs is 2. The van der Waals surface area contributed by atoms with Gasteiger partial charge in [-0.05, 0) is 33.2 Å². The van der Waals surface area contributed by atoms with Crippen LogP contribution in [0.4, 0.5) is 0 Å². The van der Waals surface area contributed by atoms with Gasteiger partial charge in [0.05, 0.1) is 6.54 Å². The molecule has 0 saturated heterocycles. The van der Waals surface area contributed by atoms with E-state index in [2.05, 4.69) is 35.4 Å². The van der Waals surface area contributed by atoms with Crippen molar-refractivity contribution in [1.29, 1.82) is 5.53 Å². The maximum atomic E-state index is 7.12. The van der Waals surface area contributed by atoms with Crippen molar-refractivity contribution in [2.45, 2.75) is 6.54 Å². The van der Waals surface area contributed by atoms with E-state index in [-0.39, 0.29) is 0 Å². The van der Waals surface area contributed by atoms with Crippen LogP contribution in [-0.4, -0.2) is 0 Å². The zero-order valence-electron chi connectivity index (χ0n) is 9.35. The van der Waals surface area contributed by atoms with Gasteiger partial charge in [-0.1, -0.05) is 48.5 Å². The first kappa shape index (κ1) is 9.97. The summed E-state index contributed by atoms with van der Waals surface area (Å²) < 4.78 is 0. The number of rotatable bonds is 2. The van der Waals surface area contributed by atoms with Gasteiger partial charge in [0, 0.05) is 0 Å². The van der Waals surface area contributed by atoms with Crippen molar-refractivity contribution in [3.63, 3.8) is 0 Å². The van der Waals surface area contributed by atoms with Crippen molar-refractivity contribution < 1.29 is 0 Å². The quantitative estimate of drug-likeness (QED) is 0.487. The van der Waals surface area contributed by atoms with E-state index in [1.54, 1.807) is 0 Å². The van der Waals surface area contributed by atoms with E-state index in [9.17, 15) is 0 Å². The molecule has 0 fully saturated rings. The van der Waals surface area contributed by atoms with Crippen molar-refractivity contribution in [2.75, 3.05) is 0 Å². The minimum Gasteiger partial charge on any atom is -0.210 e. The van der Waals surface area contributed by atoms with Crippen LogP contribution in [0.3, 0.4) is 0 Å². The second kappa shape index (κ2) is 3.98. The van der Waals surface area contributed by atoms with Crippen LogP contribution in [0.1, 0.15) is 5.56 Å². The summed E-state index contributed by atoms with van der Waals surface area (Å²) in [6.45, 7) is 0.446. The first-order valence-corrected chi connectivity index (χ1v) is 5.63. The van der Waals surface area contributed by atoms with Crippen molar-refractivity contribution in [1.82, 2.24) is 0 Å². The van der Waals surface area contributed by atoms with E-state index in [1.807, 2.05) is 24.3 Å². The van der Waals surface area contributed by atoms with Crippen LogP contribution < -0.4 is 0 Å². The molecule has 3 aromatic rings. The number of nitrogens with one attached hydrogen (secondary N) is 1. The van der Waals surface area contributed by atoms with Crippen molar-refractivity contribution in [3.8, 4) is 0 Å². The largest absolute Gasteiger partial charge is 0.210 e. The highest BCUT2D eigenvalue weighted by Gasteiger charge is 2.05. The van der Waals surface area contributed by atoms with Gasteiger partial charge in [0.15, 0.2) is 0 Å². The Kier molecular flexibility index (Phi) is 2.33. The summed E-state index contributed by atoms with van der Waals surface area (Å²) in [5.41, 5.74) is 8.26. The smallest absolute Gasteiger partial charge is 0.0858 e. The summed E-state index contributed by atoms with van der Waals surface area (Å²) >= 11 is 0. The molecule has 3 rings (SSSR count). The summed E-state index contributed by atoms with van der Waals surface area (Å²) in [6.07, 6.45) is 0. The van der Waals surface area contributed by atoms with Gasteiger partial charge in [0.1, 0.15) is 0 Å². The Hall–Kier alpha value is -2.22. The molecule has 0 bridgehead atoms. The number of nitrogens with zero attached hydrogens (tertiary/aromatic N) is 1.